The van der Waals surface area contributed by atoms with Gasteiger partial charge in [-0.3, -0.25) is 4.90 Å². The molecule has 1 saturated heterocycles. The van der Waals surface area contributed by atoms with Crippen LogP contribution in [-0.4, -0.2) is 49.8 Å². The molecule has 2 atom stereocenters. The summed E-state index contributed by atoms with van der Waals surface area (Å²) in [5.74, 6) is 0. The second kappa shape index (κ2) is 6.72. The van der Waals surface area contributed by atoms with Crippen LogP contribution >= 0.6 is 0 Å². The standard InChI is InChI=1S/C14H28N2O/c1-12(5-3-9-15-13-7-8-13)16-10-4-6-14(11-16)17-2/h12-15H,3-11H2,1-2H3. The van der Waals surface area contributed by atoms with Gasteiger partial charge in [-0.25, -0.2) is 0 Å². The number of likely N-dealkylation sites (tertiary alicyclic amines) is 1. The van der Waals surface area contributed by atoms with Gasteiger partial charge in [0.2, 0.25) is 0 Å². The highest BCUT2D eigenvalue weighted by Gasteiger charge is 2.23. The topological polar surface area (TPSA) is 24.5 Å². The smallest absolute Gasteiger partial charge is 0.0698 e. The third-order valence-corrected chi connectivity index (χ3v) is 4.18. The Morgan fingerprint density at radius 2 is 2.18 bits per heavy atom. The van der Waals surface area contributed by atoms with E-state index in [4.69, 9.17) is 4.74 Å². The Hall–Kier alpha value is -0.120. The van der Waals surface area contributed by atoms with Gasteiger partial charge in [0.15, 0.2) is 0 Å². The van der Waals surface area contributed by atoms with Crippen LogP contribution in [0.2, 0.25) is 0 Å². The molecule has 17 heavy (non-hydrogen) atoms. The van der Waals surface area contributed by atoms with Gasteiger partial charge in [-0.15, -0.1) is 0 Å². The van der Waals surface area contributed by atoms with Crippen molar-refractivity contribution in [2.24, 2.45) is 0 Å². The van der Waals surface area contributed by atoms with Crippen molar-refractivity contribution in [1.29, 1.82) is 0 Å². The minimum Gasteiger partial charge on any atom is -0.380 e. The molecule has 2 rings (SSSR count). The quantitative estimate of drug-likeness (QED) is 0.689. The monoisotopic (exact) mass is 240 g/mol. The molecule has 1 aliphatic heterocycles. The lowest BCUT2D eigenvalue weighted by Crippen LogP contribution is -2.44. The van der Waals surface area contributed by atoms with Crippen molar-refractivity contribution < 1.29 is 4.74 Å². The molecule has 1 saturated carbocycles. The number of methoxy groups -OCH3 is 1. The zero-order chi connectivity index (χ0) is 12.1. The lowest BCUT2D eigenvalue weighted by Gasteiger charge is -2.36. The second-order valence-corrected chi connectivity index (χ2v) is 5.71. The first-order valence-corrected chi connectivity index (χ1v) is 7.30. The van der Waals surface area contributed by atoms with Gasteiger partial charge >= 0.3 is 0 Å². The van der Waals surface area contributed by atoms with Crippen molar-refractivity contribution in [1.82, 2.24) is 10.2 Å². The van der Waals surface area contributed by atoms with Gasteiger partial charge < -0.3 is 10.1 Å². The molecule has 3 nitrogen and oxygen atoms in total. The van der Waals surface area contributed by atoms with Gasteiger partial charge in [0.05, 0.1) is 6.10 Å². The van der Waals surface area contributed by atoms with Gasteiger partial charge in [-0.05, 0) is 58.5 Å². The Kier molecular flexibility index (Phi) is 5.26. The summed E-state index contributed by atoms with van der Waals surface area (Å²) in [4.78, 5) is 2.61. The molecule has 1 heterocycles. The summed E-state index contributed by atoms with van der Waals surface area (Å²) in [6, 6.07) is 1.58. The molecule has 0 spiro atoms. The number of piperidine rings is 1. The van der Waals surface area contributed by atoms with Crippen LogP contribution in [0.4, 0.5) is 0 Å². The van der Waals surface area contributed by atoms with Crippen LogP contribution in [-0.2, 0) is 4.74 Å². The molecule has 2 aliphatic rings. The van der Waals surface area contributed by atoms with Crippen LogP contribution in [0, 0.1) is 0 Å². The molecule has 0 aromatic carbocycles. The van der Waals surface area contributed by atoms with Crippen LogP contribution in [0.1, 0.15) is 45.4 Å². The summed E-state index contributed by atoms with van der Waals surface area (Å²) in [6.07, 6.45) is 8.43. The summed E-state index contributed by atoms with van der Waals surface area (Å²) in [7, 11) is 1.85. The maximum absolute atomic E-state index is 5.48. The SMILES string of the molecule is COC1CCCN(C(C)CCCNC2CC2)C1. The molecule has 2 unspecified atom stereocenters. The number of hydrogen-bond donors (Lipinski definition) is 1. The molecule has 0 amide bonds. The van der Waals surface area contributed by atoms with Gasteiger partial charge in [-0.1, -0.05) is 0 Å². The van der Waals surface area contributed by atoms with E-state index in [1.807, 2.05) is 7.11 Å². The fourth-order valence-corrected chi connectivity index (χ4v) is 2.73. The molecule has 0 radical (unpaired) electrons. The highest BCUT2D eigenvalue weighted by molar-refractivity contribution is 4.81. The van der Waals surface area contributed by atoms with Crippen molar-refractivity contribution in [2.45, 2.75) is 63.6 Å². The van der Waals surface area contributed by atoms with Crippen LogP contribution in [0.5, 0.6) is 0 Å². The maximum atomic E-state index is 5.48. The molecule has 100 valence electrons. The van der Waals surface area contributed by atoms with Crippen molar-refractivity contribution in [2.75, 3.05) is 26.7 Å². The van der Waals surface area contributed by atoms with E-state index in [9.17, 15) is 0 Å². The molecule has 1 N–H and O–H groups in total. The maximum Gasteiger partial charge on any atom is 0.0698 e. The first-order valence-electron chi connectivity index (χ1n) is 7.30. The van der Waals surface area contributed by atoms with Crippen LogP contribution < -0.4 is 5.32 Å². The van der Waals surface area contributed by atoms with E-state index in [2.05, 4.69) is 17.1 Å². The van der Waals surface area contributed by atoms with Gasteiger partial charge in [-0.2, -0.15) is 0 Å². The number of nitrogens with one attached hydrogen (secondary N) is 1. The molecule has 3 heteroatoms. The largest absolute Gasteiger partial charge is 0.380 e. The van der Waals surface area contributed by atoms with Gasteiger partial charge in [0.25, 0.3) is 0 Å². The first-order chi connectivity index (χ1) is 8.29. The highest BCUT2D eigenvalue weighted by Crippen LogP contribution is 2.19. The molecule has 2 fully saturated rings. The third-order valence-electron chi connectivity index (χ3n) is 4.18. The van der Waals surface area contributed by atoms with E-state index in [1.54, 1.807) is 0 Å². The third kappa shape index (κ3) is 4.57. The Morgan fingerprint density at radius 1 is 1.35 bits per heavy atom. The zero-order valence-electron chi connectivity index (χ0n) is 11.5. The van der Waals surface area contributed by atoms with E-state index in [0.717, 1.165) is 12.6 Å². The number of rotatable bonds is 7. The Bertz CT molecular complexity index is 218. The first kappa shape index (κ1) is 13.3. The Morgan fingerprint density at radius 3 is 2.88 bits per heavy atom. The summed E-state index contributed by atoms with van der Waals surface area (Å²) in [6.45, 7) is 5.97. The van der Waals surface area contributed by atoms with Gasteiger partial charge in [0.1, 0.15) is 0 Å². The Labute approximate surface area is 106 Å². The fraction of sp³-hybridized carbons (Fsp3) is 1.00. The highest BCUT2D eigenvalue weighted by atomic mass is 16.5. The summed E-state index contributed by atoms with van der Waals surface area (Å²) in [5.41, 5.74) is 0. The van der Waals surface area contributed by atoms with E-state index >= 15 is 0 Å². The van der Waals surface area contributed by atoms with E-state index < -0.39 is 0 Å². The van der Waals surface area contributed by atoms with Crippen LogP contribution in [0.25, 0.3) is 0 Å². The van der Waals surface area contributed by atoms with Crippen molar-refractivity contribution in [3.8, 4) is 0 Å². The van der Waals surface area contributed by atoms with E-state index in [1.165, 1.54) is 51.6 Å². The number of ether oxygens (including phenoxy) is 1. The summed E-state index contributed by atoms with van der Waals surface area (Å²) >= 11 is 0. The lowest BCUT2D eigenvalue weighted by molar-refractivity contribution is 0.0158. The average molecular weight is 240 g/mol. The summed E-state index contributed by atoms with van der Waals surface area (Å²) < 4.78 is 5.48. The fourth-order valence-electron chi connectivity index (χ4n) is 2.73. The van der Waals surface area contributed by atoms with Crippen molar-refractivity contribution in [3.05, 3.63) is 0 Å². The molecule has 0 aromatic rings. The lowest BCUT2D eigenvalue weighted by atomic mass is 10.0. The summed E-state index contributed by atoms with van der Waals surface area (Å²) in [5, 5.41) is 3.59. The van der Waals surface area contributed by atoms with Crippen LogP contribution in [0.3, 0.4) is 0 Å². The van der Waals surface area contributed by atoms with E-state index in [0.29, 0.717) is 12.1 Å². The minimum absolute atomic E-state index is 0.468. The Balaban J connectivity index is 1.58. The number of nitrogens with zero attached hydrogens (tertiary/aromatic N) is 1. The van der Waals surface area contributed by atoms with Crippen molar-refractivity contribution >= 4 is 0 Å². The molecule has 0 aromatic heterocycles. The molecule has 0 bridgehead atoms. The predicted octanol–water partition coefficient (Wildman–Crippen LogP) is 2.02. The molecular formula is C14H28N2O. The zero-order valence-corrected chi connectivity index (χ0v) is 11.5. The normalized spacial score (nSPS) is 28.2. The molecular weight excluding hydrogens is 212 g/mol. The van der Waals surface area contributed by atoms with Crippen LogP contribution in [0.15, 0.2) is 0 Å². The predicted molar refractivity (Wildman–Crippen MR) is 71.3 cm³/mol. The van der Waals surface area contributed by atoms with Crippen molar-refractivity contribution in [3.63, 3.8) is 0 Å². The van der Waals surface area contributed by atoms with E-state index in [-0.39, 0.29) is 0 Å². The minimum atomic E-state index is 0.468. The second-order valence-electron chi connectivity index (χ2n) is 5.71. The number of hydrogen-bond acceptors (Lipinski definition) is 3. The van der Waals surface area contributed by atoms with Gasteiger partial charge in [0, 0.05) is 25.7 Å². The molecule has 1 aliphatic carbocycles. The average Bonchev–Trinajstić information content (AvgIpc) is 3.18.